The largest absolute Gasteiger partial charge is 0.347 e. The highest BCUT2D eigenvalue weighted by Gasteiger charge is 2.08. The second kappa shape index (κ2) is 5.62. The molecule has 0 aliphatic rings. The summed E-state index contributed by atoms with van der Waals surface area (Å²) in [7, 11) is 2.07. The highest BCUT2D eigenvalue weighted by atomic mass is 35.5. The molecule has 106 valence electrons. The van der Waals surface area contributed by atoms with Crippen molar-refractivity contribution in [1.82, 2.24) is 4.57 Å². The summed E-state index contributed by atoms with van der Waals surface area (Å²) in [6, 6.07) is 15.8. The number of nitrogens with zero attached hydrogens (tertiary/aromatic N) is 2. The van der Waals surface area contributed by atoms with Crippen molar-refractivity contribution in [3.05, 3.63) is 64.8 Å². The van der Waals surface area contributed by atoms with Gasteiger partial charge in [0.05, 0.1) is 11.9 Å². The molecule has 0 aliphatic carbocycles. The van der Waals surface area contributed by atoms with Gasteiger partial charge in [0, 0.05) is 34.2 Å². The molecular formula is C17H16ClN3. The number of aromatic nitrogens is 1. The number of anilines is 1. The van der Waals surface area contributed by atoms with Gasteiger partial charge in [0.25, 0.3) is 0 Å². The first-order valence-electron chi connectivity index (χ1n) is 6.75. The summed E-state index contributed by atoms with van der Waals surface area (Å²) in [6.45, 7) is 2.10. The van der Waals surface area contributed by atoms with Crippen LogP contribution in [0.4, 0.5) is 5.69 Å². The number of rotatable bonds is 3. The lowest BCUT2D eigenvalue weighted by Crippen LogP contribution is -1.94. The van der Waals surface area contributed by atoms with E-state index in [0.29, 0.717) is 0 Å². The Balaban J connectivity index is 1.89. The number of nitrogens with one attached hydrogen (secondary N) is 1. The Morgan fingerprint density at radius 3 is 2.57 bits per heavy atom. The molecule has 3 aromatic rings. The van der Waals surface area contributed by atoms with E-state index in [1.165, 1.54) is 16.6 Å². The lowest BCUT2D eigenvalue weighted by molar-refractivity contribution is 0.916. The van der Waals surface area contributed by atoms with Gasteiger partial charge in [0.15, 0.2) is 0 Å². The highest BCUT2D eigenvalue weighted by molar-refractivity contribution is 6.30. The quantitative estimate of drug-likeness (QED) is 0.556. The van der Waals surface area contributed by atoms with Crippen LogP contribution in [0, 0.1) is 6.92 Å². The molecule has 0 saturated carbocycles. The first kappa shape index (κ1) is 13.7. The van der Waals surface area contributed by atoms with Crippen LogP contribution >= 0.6 is 11.6 Å². The Hall–Kier alpha value is -2.26. The molecule has 4 heteroatoms. The SMILES string of the molecule is Cc1c(/C=N/Nc2ccc(Cl)cc2)c2ccccc2n1C. The number of para-hydroxylation sites is 1. The fourth-order valence-electron chi connectivity index (χ4n) is 2.41. The van der Waals surface area contributed by atoms with Crippen molar-refractivity contribution < 1.29 is 0 Å². The van der Waals surface area contributed by atoms with Crippen LogP contribution < -0.4 is 5.43 Å². The minimum absolute atomic E-state index is 0.717. The van der Waals surface area contributed by atoms with Crippen LogP contribution in [0.2, 0.25) is 5.02 Å². The molecule has 0 unspecified atom stereocenters. The molecule has 0 spiro atoms. The van der Waals surface area contributed by atoms with E-state index in [0.717, 1.165) is 16.3 Å². The first-order chi connectivity index (χ1) is 10.2. The normalized spacial score (nSPS) is 11.4. The summed E-state index contributed by atoms with van der Waals surface area (Å²) in [5.74, 6) is 0. The second-order valence-electron chi connectivity index (χ2n) is 4.95. The molecule has 1 heterocycles. The van der Waals surface area contributed by atoms with Crippen molar-refractivity contribution in [2.45, 2.75) is 6.92 Å². The number of hydrogen-bond acceptors (Lipinski definition) is 2. The Labute approximate surface area is 128 Å². The van der Waals surface area contributed by atoms with Gasteiger partial charge in [0.2, 0.25) is 0 Å². The van der Waals surface area contributed by atoms with Crippen molar-refractivity contribution >= 4 is 34.4 Å². The fourth-order valence-corrected chi connectivity index (χ4v) is 2.53. The third kappa shape index (κ3) is 2.65. The van der Waals surface area contributed by atoms with E-state index in [4.69, 9.17) is 11.6 Å². The Kier molecular flexibility index (Phi) is 3.67. The monoisotopic (exact) mass is 297 g/mol. The lowest BCUT2D eigenvalue weighted by Gasteiger charge is -2.00. The van der Waals surface area contributed by atoms with E-state index in [1.807, 2.05) is 36.5 Å². The van der Waals surface area contributed by atoms with Crippen LogP contribution in [-0.4, -0.2) is 10.8 Å². The van der Waals surface area contributed by atoms with E-state index in [2.05, 4.69) is 47.3 Å². The minimum atomic E-state index is 0.717. The number of fused-ring (bicyclic) bond motifs is 1. The highest BCUT2D eigenvalue weighted by Crippen LogP contribution is 2.23. The van der Waals surface area contributed by atoms with E-state index in [-0.39, 0.29) is 0 Å². The molecule has 0 radical (unpaired) electrons. The molecule has 21 heavy (non-hydrogen) atoms. The Bertz CT molecular complexity index is 801. The maximum Gasteiger partial charge on any atom is 0.0569 e. The van der Waals surface area contributed by atoms with Gasteiger partial charge in [-0.25, -0.2) is 0 Å². The predicted molar refractivity (Wildman–Crippen MR) is 90.3 cm³/mol. The summed E-state index contributed by atoms with van der Waals surface area (Å²) in [4.78, 5) is 0. The molecule has 0 saturated heterocycles. The Morgan fingerprint density at radius 1 is 1.10 bits per heavy atom. The van der Waals surface area contributed by atoms with Gasteiger partial charge in [-0.1, -0.05) is 29.8 Å². The predicted octanol–water partition coefficient (Wildman–Crippen LogP) is 4.59. The zero-order valence-corrected chi connectivity index (χ0v) is 12.7. The summed E-state index contributed by atoms with van der Waals surface area (Å²) in [6.07, 6.45) is 1.87. The zero-order chi connectivity index (χ0) is 14.8. The van der Waals surface area contributed by atoms with Crippen molar-refractivity contribution in [2.75, 3.05) is 5.43 Å². The molecule has 0 bridgehead atoms. The zero-order valence-electron chi connectivity index (χ0n) is 12.0. The minimum Gasteiger partial charge on any atom is -0.347 e. The maximum atomic E-state index is 5.86. The smallest absolute Gasteiger partial charge is 0.0569 e. The molecule has 3 rings (SSSR count). The van der Waals surface area contributed by atoms with Crippen LogP contribution in [-0.2, 0) is 7.05 Å². The van der Waals surface area contributed by atoms with Gasteiger partial charge in [-0.05, 0) is 37.3 Å². The second-order valence-corrected chi connectivity index (χ2v) is 5.39. The molecule has 3 nitrogen and oxygen atoms in total. The standard InChI is InChI=1S/C17H16ClN3/c1-12-16(15-5-3-4-6-17(15)21(12)2)11-19-20-14-9-7-13(18)8-10-14/h3-11,20H,1-2H3/b19-11+. The van der Waals surface area contributed by atoms with Gasteiger partial charge < -0.3 is 4.57 Å². The van der Waals surface area contributed by atoms with E-state index < -0.39 is 0 Å². The molecule has 0 fully saturated rings. The maximum absolute atomic E-state index is 5.86. The summed E-state index contributed by atoms with van der Waals surface area (Å²) in [5.41, 5.74) is 7.47. The van der Waals surface area contributed by atoms with Gasteiger partial charge >= 0.3 is 0 Å². The number of halogens is 1. The lowest BCUT2D eigenvalue weighted by atomic mass is 10.1. The molecule has 1 N–H and O–H groups in total. The topological polar surface area (TPSA) is 29.3 Å². The van der Waals surface area contributed by atoms with Crippen LogP contribution in [0.1, 0.15) is 11.3 Å². The van der Waals surface area contributed by atoms with Gasteiger partial charge in [-0.15, -0.1) is 0 Å². The fraction of sp³-hybridized carbons (Fsp3) is 0.118. The number of aryl methyl sites for hydroxylation is 1. The average Bonchev–Trinajstić information content (AvgIpc) is 2.75. The Morgan fingerprint density at radius 2 is 1.81 bits per heavy atom. The van der Waals surface area contributed by atoms with Crippen molar-refractivity contribution in [2.24, 2.45) is 12.1 Å². The third-order valence-electron chi connectivity index (χ3n) is 3.68. The summed E-state index contributed by atoms with van der Waals surface area (Å²) >= 11 is 5.86. The first-order valence-corrected chi connectivity index (χ1v) is 7.13. The van der Waals surface area contributed by atoms with E-state index in [1.54, 1.807) is 0 Å². The van der Waals surface area contributed by atoms with Gasteiger partial charge in [0.1, 0.15) is 0 Å². The number of hydrazone groups is 1. The summed E-state index contributed by atoms with van der Waals surface area (Å²) in [5, 5.41) is 6.26. The number of hydrogen-bond donors (Lipinski definition) is 1. The van der Waals surface area contributed by atoms with Crippen molar-refractivity contribution in [1.29, 1.82) is 0 Å². The van der Waals surface area contributed by atoms with Crippen LogP contribution in [0.5, 0.6) is 0 Å². The molecule has 0 atom stereocenters. The number of benzene rings is 2. The molecule has 1 aromatic heterocycles. The van der Waals surface area contributed by atoms with E-state index in [9.17, 15) is 0 Å². The van der Waals surface area contributed by atoms with Crippen molar-refractivity contribution in [3.63, 3.8) is 0 Å². The third-order valence-corrected chi connectivity index (χ3v) is 3.93. The van der Waals surface area contributed by atoms with Gasteiger partial charge in [-0.2, -0.15) is 5.10 Å². The summed E-state index contributed by atoms with van der Waals surface area (Å²) < 4.78 is 2.18. The van der Waals surface area contributed by atoms with Gasteiger partial charge in [-0.3, -0.25) is 5.43 Å². The average molecular weight is 298 g/mol. The molecular weight excluding hydrogens is 282 g/mol. The van der Waals surface area contributed by atoms with E-state index >= 15 is 0 Å². The van der Waals surface area contributed by atoms with Crippen LogP contribution in [0.3, 0.4) is 0 Å². The molecule has 0 amide bonds. The van der Waals surface area contributed by atoms with Crippen LogP contribution in [0.25, 0.3) is 10.9 Å². The molecule has 2 aromatic carbocycles. The van der Waals surface area contributed by atoms with Crippen molar-refractivity contribution in [3.8, 4) is 0 Å². The van der Waals surface area contributed by atoms with Crippen LogP contribution in [0.15, 0.2) is 53.6 Å². The molecule has 0 aliphatic heterocycles.